The van der Waals surface area contributed by atoms with Crippen molar-refractivity contribution in [3.05, 3.63) is 110 Å². The van der Waals surface area contributed by atoms with Crippen molar-refractivity contribution in [3.63, 3.8) is 0 Å². The molecule has 32 heavy (non-hydrogen) atoms. The fourth-order valence-electron chi connectivity index (χ4n) is 4.54. The topological polar surface area (TPSA) is 24.8 Å². The SMILES string of the molecule is Clc1cccc(C2Oc3c(Br)cc(Br)cc3C3CC(c4ccc5ccccc5c4)=NN32)c1. The molecule has 0 spiro atoms. The minimum Gasteiger partial charge on any atom is -0.463 e. The monoisotopic (exact) mass is 566 g/mol. The van der Waals surface area contributed by atoms with Crippen LogP contribution in [0.1, 0.15) is 35.4 Å². The third-order valence-corrected chi connectivity index (χ3v) is 7.31. The molecular weight excluding hydrogens is 552 g/mol. The van der Waals surface area contributed by atoms with Gasteiger partial charge in [0.15, 0.2) is 0 Å². The second kappa shape index (κ2) is 7.91. The van der Waals surface area contributed by atoms with Crippen molar-refractivity contribution in [2.24, 2.45) is 5.10 Å². The largest absolute Gasteiger partial charge is 0.463 e. The molecule has 2 heterocycles. The van der Waals surface area contributed by atoms with E-state index in [0.29, 0.717) is 5.02 Å². The Morgan fingerprint density at radius 2 is 1.75 bits per heavy atom. The molecule has 0 bridgehead atoms. The van der Waals surface area contributed by atoms with E-state index in [1.165, 1.54) is 10.8 Å². The van der Waals surface area contributed by atoms with Crippen LogP contribution in [0.15, 0.2) is 92.9 Å². The molecule has 2 aliphatic heterocycles. The first-order valence-corrected chi connectivity index (χ1v) is 12.3. The summed E-state index contributed by atoms with van der Waals surface area (Å²) in [4.78, 5) is 0. The Labute approximate surface area is 207 Å². The highest BCUT2D eigenvalue weighted by Crippen LogP contribution is 2.51. The van der Waals surface area contributed by atoms with Gasteiger partial charge in [-0.2, -0.15) is 5.10 Å². The van der Waals surface area contributed by atoms with E-state index in [1.807, 2.05) is 30.3 Å². The van der Waals surface area contributed by atoms with Gasteiger partial charge in [0, 0.05) is 27.0 Å². The van der Waals surface area contributed by atoms with Crippen LogP contribution in [-0.4, -0.2) is 10.7 Å². The summed E-state index contributed by atoms with van der Waals surface area (Å²) in [5, 5.41) is 10.3. The molecule has 2 atom stereocenters. The lowest BCUT2D eigenvalue weighted by Gasteiger charge is -2.38. The minimum atomic E-state index is -0.360. The number of nitrogens with zero attached hydrogens (tertiary/aromatic N) is 2. The van der Waals surface area contributed by atoms with Crippen molar-refractivity contribution in [3.8, 4) is 5.75 Å². The van der Waals surface area contributed by atoms with E-state index in [1.54, 1.807) is 0 Å². The fourth-order valence-corrected chi connectivity index (χ4v) is 6.09. The lowest BCUT2D eigenvalue weighted by atomic mass is 9.95. The van der Waals surface area contributed by atoms with Crippen LogP contribution in [0.2, 0.25) is 5.02 Å². The van der Waals surface area contributed by atoms with E-state index in [2.05, 4.69) is 85.4 Å². The van der Waals surface area contributed by atoms with Crippen molar-refractivity contribution >= 4 is 59.9 Å². The van der Waals surface area contributed by atoms with Gasteiger partial charge in [-0.3, -0.25) is 0 Å². The van der Waals surface area contributed by atoms with Gasteiger partial charge in [-0.25, -0.2) is 5.01 Å². The number of hydrogen-bond donors (Lipinski definition) is 0. The predicted molar refractivity (Wildman–Crippen MR) is 136 cm³/mol. The predicted octanol–water partition coefficient (Wildman–Crippen LogP) is 8.26. The lowest BCUT2D eigenvalue weighted by molar-refractivity contribution is -0.0197. The quantitative estimate of drug-likeness (QED) is 0.243. The molecule has 158 valence electrons. The third kappa shape index (κ3) is 3.43. The molecule has 0 aliphatic carbocycles. The van der Waals surface area contributed by atoms with Crippen molar-refractivity contribution in [2.45, 2.75) is 18.7 Å². The number of halogens is 3. The van der Waals surface area contributed by atoms with Crippen molar-refractivity contribution in [2.75, 3.05) is 0 Å². The first-order chi connectivity index (χ1) is 15.6. The minimum absolute atomic E-state index is 0.0676. The molecule has 2 unspecified atom stereocenters. The second-order valence-corrected chi connectivity index (χ2v) is 10.2. The number of hydrazone groups is 1. The van der Waals surface area contributed by atoms with E-state index in [-0.39, 0.29) is 12.3 Å². The van der Waals surface area contributed by atoms with Crippen molar-refractivity contribution < 1.29 is 4.74 Å². The molecule has 0 radical (unpaired) electrons. The maximum absolute atomic E-state index is 6.52. The zero-order valence-corrected chi connectivity index (χ0v) is 20.7. The Hall–Kier alpha value is -2.34. The van der Waals surface area contributed by atoms with Crippen LogP contribution < -0.4 is 4.74 Å². The Balaban J connectivity index is 1.48. The van der Waals surface area contributed by atoms with Gasteiger partial charge < -0.3 is 4.74 Å². The number of hydrogen-bond acceptors (Lipinski definition) is 3. The molecule has 4 aromatic rings. The van der Waals surface area contributed by atoms with Gasteiger partial charge in [0.05, 0.1) is 16.2 Å². The van der Waals surface area contributed by atoms with Gasteiger partial charge in [0.1, 0.15) is 5.75 Å². The average Bonchev–Trinajstić information content (AvgIpc) is 3.24. The summed E-state index contributed by atoms with van der Waals surface area (Å²) in [5.41, 5.74) is 4.29. The molecule has 3 nitrogen and oxygen atoms in total. The highest BCUT2D eigenvalue weighted by molar-refractivity contribution is 9.11. The zero-order valence-electron chi connectivity index (χ0n) is 16.8. The van der Waals surface area contributed by atoms with Gasteiger partial charge in [-0.15, -0.1) is 0 Å². The van der Waals surface area contributed by atoms with Gasteiger partial charge in [-0.1, -0.05) is 76.1 Å². The molecule has 0 amide bonds. The van der Waals surface area contributed by atoms with Crippen LogP contribution in [-0.2, 0) is 0 Å². The first-order valence-electron chi connectivity index (χ1n) is 10.3. The van der Waals surface area contributed by atoms with Crippen LogP contribution in [0.4, 0.5) is 0 Å². The molecule has 6 rings (SSSR count). The normalized spacial score (nSPS) is 19.3. The Morgan fingerprint density at radius 3 is 2.59 bits per heavy atom. The van der Waals surface area contributed by atoms with Crippen molar-refractivity contribution in [1.82, 2.24) is 5.01 Å². The van der Waals surface area contributed by atoms with E-state index < -0.39 is 0 Å². The van der Waals surface area contributed by atoms with Gasteiger partial charge in [0.25, 0.3) is 0 Å². The molecule has 0 saturated carbocycles. The van der Waals surface area contributed by atoms with Gasteiger partial charge >= 0.3 is 0 Å². The standard InChI is InChI=1S/C26H17Br2ClN2O/c27-19-12-21-24-14-23(17-9-8-15-4-1-2-5-16(15)10-17)30-31(24)26(32-25(21)22(28)13-19)18-6-3-7-20(29)11-18/h1-13,24,26H,14H2. The molecule has 0 aromatic heterocycles. The average molecular weight is 569 g/mol. The van der Waals surface area contributed by atoms with Crippen LogP contribution in [0.5, 0.6) is 5.75 Å². The molecular formula is C26H17Br2ClN2O. The van der Waals surface area contributed by atoms with E-state index in [9.17, 15) is 0 Å². The van der Waals surface area contributed by atoms with Gasteiger partial charge in [0.2, 0.25) is 6.23 Å². The fraction of sp³-hybridized carbons (Fsp3) is 0.115. The smallest absolute Gasteiger partial charge is 0.213 e. The highest BCUT2D eigenvalue weighted by atomic mass is 79.9. The number of benzene rings is 4. The summed E-state index contributed by atoms with van der Waals surface area (Å²) in [7, 11) is 0. The summed E-state index contributed by atoms with van der Waals surface area (Å²) in [5.74, 6) is 0.856. The summed E-state index contributed by atoms with van der Waals surface area (Å²) in [6.07, 6.45) is 0.441. The van der Waals surface area contributed by atoms with Crippen LogP contribution in [0, 0.1) is 0 Å². The maximum Gasteiger partial charge on any atom is 0.213 e. The number of fused-ring (bicyclic) bond motifs is 4. The summed E-state index contributed by atoms with van der Waals surface area (Å²) in [6.45, 7) is 0. The lowest BCUT2D eigenvalue weighted by Crippen LogP contribution is -2.33. The maximum atomic E-state index is 6.52. The summed E-state index contributed by atoms with van der Waals surface area (Å²) >= 11 is 13.6. The number of ether oxygens (including phenoxy) is 1. The van der Waals surface area contributed by atoms with Crippen LogP contribution >= 0.6 is 43.5 Å². The molecule has 0 fully saturated rings. The zero-order chi connectivity index (χ0) is 21.8. The van der Waals surface area contributed by atoms with E-state index >= 15 is 0 Å². The second-order valence-electron chi connectivity index (χ2n) is 8.04. The first kappa shape index (κ1) is 20.3. The third-order valence-electron chi connectivity index (χ3n) is 6.02. The van der Waals surface area contributed by atoms with Crippen LogP contribution in [0.3, 0.4) is 0 Å². The molecule has 0 saturated heterocycles. The Morgan fingerprint density at radius 1 is 0.906 bits per heavy atom. The summed E-state index contributed by atoms with van der Waals surface area (Å²) < 4.78 is 8.45. The van der Waals surface area contributed by atoms with E-state index in [4.69, 9.17) is 21.4 Å². The van der Waals surface area contributed by atoms with Gasteiger partial charge in [-0.05, 0) is 62.6 Å². The summed E-state index contributed by atoms with van der Waals surface area (Å²) in [6, 6.07) is 27.0. The van der Waals surface area contributed by atoms with Crippen LogP contribution in [0.25, 0.3) is 10.8 Å². The van der Waals surface area contributed by atoms with E-state index in [0.717, 1.165) is 43.5 Å². The number of rotatable bonds is 2. The molecule has 2 aliphatic rings. The Bertz CT molecular complexity index is 1400. The molecule has 4 aromatic carbocycles. The molecule has 6 heteroatoms. The highest BCUT2D eigenvalue weighted by Gasteiger charge is 2.42. The molecule has 0 N–H and O–H groups in total. The van der Waals surface area contributed by atoms with Crippen molar-refractivity contribution in [1.29, 1.82) is 0 Å². The Kier molecular flexibility index (Phi) is 5.01.